The number of nitrogens with zero attached hydrogens (tertiary/aromatic N) is 1. The minimum atomic E-state index is -0.834. The van der Waals surface area contributed by atoms with Gasteiger partial charge in [0.2, 0.25) is 11.8 Å². The molecule has 0 unspecified atom stereocenters. The number of hydrogen-bond donors (Lipinski definition) is 1. The molecule has 3 amide bonds. The van der Waals surface area contributed by atoms with Crippen molar-refractivity contribution in [3.05, 3.63) is 98.5 Å². The Kier molecular flexibility index (Phi) is 5.88. The van der Waals surface area contributed by atoms with Crippen LogP contribution < -0.4 is 5.32 Å². The Labute approximate surface area is 225 Å². The van der Waals surface area contributed by atoms with E-state index in [0.717, 1.165) is 31.6 Å². The molecule has 7 nitrogen and oxygen atoms in total. The van der Waals surface area contributed by atoms with E-state index in [2.05, 4.69) is 21.2 Å². The molecule has 7 rings (SSSR count). The van der Waals surface area contributed by atoms with E-state index in [9.17, 15) is 19.2 Å². The van der Waals surface area contributed by atoms with E-state index in [4.69, 9.17) is 16.3 Å². The van der Waals surface area contributed by atoms with Crippen molar-refractivity contribution in [3.63, 3.8) is 0 Å². The summed E-state index contributed by atoms with van der Waals surface area (Å²) in [4.78, 5) is 52.9. The fourth-order valence-electron chi connectivity index (χ4n) is 5.99. The summed E-state index contributed by atoms with van der Waals surface area (Å²) in [7, 11) is 0. The number of esters is 1. The number of rotatable bonds is 5. The summed E-state index contributed by atoms with van der Waals surface area (Å²) in [5.41, 5.74) is 4.60. The lowest BCUT2D eigenvalue weighted by Gasteiger charge is -2.45. The number of amides is 3. The highest BCUT2D eigenvalue weighted by molar-refractivity contribution is 9.10. The van der Waals surface area contributed by atoms with Crippen LogP contribution in [0.4, 0.5) is 5.69 Å². The first-order valence-corrected chi connectivity index (χ1v) is 13.0. The van der Waals surface area contributed by atoms with Crippen LogP contribution in [-0.2, 0) is 23.9 Å². The van der Waals surface area contributed by atoms with Gasteiger partial charge in [-0.05, 0) is 40.5 Å². The molecule has 4 aliphatic rings. The number of carbonyl (C=O) groups excluding carboxylic acids is 4. The second-order valence-corrected chi connectivity index (χ2v) is 10.7. The van der Waals surface area contributed by atoms with Gasteiger partial charge in [-0.2, -0.15) is 0 Å². The lowest BCUT2D eigenvalue weighted by atomic mass is 9.55. The van der Waals surface area contributed by atoms with E-state index < -0.39 is 36.9 Å². The molecule has 1 heterocycles. The lowest BCUT2D eigenvalue weighted by molar-refractivity contribution is -0.154. The van der Waals surface area contributed by atoms with Gasteiger partial charge in [-0.15, -0.1) is 0 Å². The molecule has 3 aliphatic carbocycles. The number of imide groups is 1. The Bertz CT molecular complexity index is 1380. The molecule has 1 N–H and O–H groups in total. The highest BCUT2D eigenvalue weighted by Crippen LogP contribution is 2.60. The van der Waals surface area contributed by atoms with E-state index in [1.165, 1.54) is 0 Å². The Morgan fingerprint density at radius 2 is 1.38 bits per heavy atom. The minimum absolute atomic E-state index is 0.249. The summed E-state index contributed by atoms with van der Waals surface area (Å²) in [6.45, 7) is -1.11. The number of halogens is 2. The smallest absolute Gasteiger partial charge is 0.326 e. The zero-order valence-corrected chi connectivity index (χ0v) is 21.7. The van der Waals surface area contributed by atoms with Crippen molar-refractivity contribution < 1.29 is 23.9 Å². The first kappa shape index (κ1) is 23.9. The molecule has 3 aromatic carbocycles. The van der Waals surface area contributed by atoms with Gasteiger partial charge in [0.25, 0.3) is 5.91 Å². The average Bonchev–Trinajstić information content (AvgIpc) is 3.14. The van der Waals surface area contributed by atoms with Gasteiger partial charge >= 0.3 is 5.97 Å². The summed E-state index contributed by atoms with van der Waals surface area (Å²) in [5.74, 6) is -3.82. The Morgan fingerprint density at radius 3 is 1.86 bits per heavy atom. The van der Waals surface area contributed by atoms with E-state index >= 15 is 0 Å². The van der Waals surface area contributed by atoms with E-state index in [-0.39, 0.29) is 23.7 Å². The lowest BCUT2D eigenvalue weighted by Crippen LogP contribution is -2.41. The Hall–Kier alpha value is -3.49. The van der Waals surface area contributed by atoms with E-state index in [0.29, 0.717) is 10.7 Å². The van der Waals surface area contributed by atoms with Gasteiger partial charge in [-0.25, -0.2) is 0 Å². The SMILES string of the molecule is O=C(COC(=O)CN1C(=O)[C@@H]2C3c4ccccc4C(c4ccccc43)[C@H]2C1=O)Nc1ccc(Br)cc1Cl. The number of carbonyl (C=O) groups is 4. The molecule has 0 radical (unpaired) electrons. The molecule has 3 aromatic rings. The maximum atomic E-state index is 13.5. The molecule has 2 bridgehead atoms. The molecule has 0 saturated carbocycles. The highest BCUT2D eigenvalue weighted by atomic mass is 79.9. The standard InChI is InChI=1S/C28H20BrClN2O5/c29-14-9-10-20(19(30)11-14)31-21(33)13-37-22(34)12-32-27(35)25-23-15-5-1-2-6-16(15)24(26(25)28(32)36)18-8-4-3-7-17(18)23/h1-11,23-26H,12-13H2,(H,31,33)/t23?,24?,25-,26-/m1/s1. The van der Waals surface area contributed by atoms with Gasteiger partial charge < -0.3 is 10.1 Å². The van der Waals surface area contributed by atoms with Gasteiger partial charge in [0.15, 0.2) is 6.61 Å². The summed E-state index contributed by atoms with van der Waals surface area (Å²) in [6.07, 6.45) is 0. The molecule has 2 atom stereocenters. The number of nitrogens with one attached hydrogen (secondary N) is 1. The van der Waals surface area contributed by atoms with Crippen LogP contribution in [0.2, 0.25) is 5.02 Å². The van der Waals surface area contributed by atoms with Gasteiger partial charge in [0.1, 0.15) is 6.54 Å². The molecule has 0 spiro atoms. The minimum Gasteiger partial charge on any atom is -0.454 e. The summed E-state index contributed by atoms with van der Waals surface area (Å²) >= 11 is 9.39. The first-order valence-electron chi connectivity index (χ1n) is 11.8. The third kappa shape index (κ3) is 3.86. The van der Waals surface area contributed by atoms with Crippen molar-refractivity contribution in [3.8, 4) is 0 Å². The van der Waals surface area contributed by atoms with Crippen LogP contribution in [0, 0.1) is 11.8 Å². The normalized spacial score (nSPS) is 22.8. The molecule has 1 fully saturated rings. The molecule has 1 aliphatic heterocycles. The second-order valence-electron chi connectivity index (χ2n) is 9.36. The van der Waals surface area contributed by atoms with Crippen molar-refractivity contribution in [2.45, 2.75) is 11.8 Å². The largest absolute Gasteiger partial charge is 0.454 e. The molecule has 186 valence electrons. The van der Waals surface area contributed by atoms with Crippen LogP contribution in [0.5, 0.6) is 0 Å². The van der Waals surface area contributed by atoms with Crippen molar-refractivity contribution in [2.75, 3.05) is 18.5 Å². The fourth-order valence-corrected chi connectivity index (χ4v) is 6.71. The summed E-state index contributed by atoms with van der Waals surface area (Å²) in [5, 5.41) is 2.89. The van der Waals surface area contributed by atoms with Crippen molar-refractivity contribution >= 4 is 56.9 Å². The third-order valence-electron chi connectivity index (χ3n) is 7.40. The molecule has 0 aromatic heterocycles. The molecule has 1 saturated heterocycles. The van der Waals surface area contributed by atoms with Crippen molar-refractivity contribution in [1.29, 1.82) is 0 Å². The first-order chi connectivity index (χ1) is 17.8. The number of hydrogen-bond acceptors (Lipinski definition) is 5. The average molecular weight is 580 g/mol. The maximum Gasteiger partial charge on any atom is 0.326 e. The summed E-state index contributed by atoms with van der Waals surface area (Å²) in [6, 6.07) is 20.8. The summed E-state index contributed by atoms with van der Waals surface area (Å²) < 4.78 is 5.85. The maximum absolute atomic E-state index is 13.5. The van der Waals surface area contributed by atoms with Crippen LogP contribution in [0.1, 0.15) is 34.1 Å². The predicted molar refractivity (Wildman–Crippen MR) is 139 cm³/mol. The molecular weight excluding hydrogens is 560 g/mol. The zero-order valence-electron chi connectivity index (χ0n) is 19.3. The van der Waals surface area contributed by atoms with Crippen molar-refractivity contribution in [1.82, 2.24) is 4.90 Å². The van der Waals surface area contributed by atoms with Crippen LogP contribution in [0.25, 0.3) is 0 Å². The van der Waals surface area contributed by atoms with E-state index in [1.807, 2.05) is 48.5 Å². The highest BCUT2D eigenvalue weighted by Gasteiger charge is 2.61. The monoisotopic (exact) mass is 578 g/mol. The number of anilines is 1. The number of ether oxygens (including phenoxy) is 1. The van der Waals surface area contributed by atoms with Gasteiger partial charge in [-0.1, -0.05) is 76.1 Å². The number of likely N-dealkylation sites (tertiary alicyclic amines) is 1. The van der Waals surface area contributed by atoms with Crippen LogP contribution in [0.15, 0.2) is 71.2 Å². The van der Waals surface area contributed by atoms with Gasteiger partial charge in [0, 0.05) is 16.3 Å². The van der Waals surface area contributed by atoms with Crippen LogP contribution >= 0.6 is 27.5 Å². The Balaban J connectivity index is 1.18. The van der Waals surface area contributed by atoms with Crippen LogP contribution in [0.3, 0.4) is 0 Å². The van der Waals surface area contributed by atoms with E-state index in [1.54, 1.807) is 18.2 Å². The topological polar surface area (TPSA) is 92.8 Å². The molecular formula is C28H20BrClN2O5. The third-order valence-corrected chi connectivity index (χ3v) is 8.20. The quantitative estimate of drug-likeness (QED) is 0.356. The zero-order chi connectivity index (χ0) is 25.8. The van der Waals surface area contributed by atoms with Gasteiger partial charge in [0.05, 0.1) is 22.5 Å². The predicted octanol–water partition coefficient (Wildman–Crippen LogP) is 4.48. The molecule has 9 heteroatoms. The number of benzene rings is 3. The second kappa shape index (κ2) is 9.11. The van der Waals surface area contributed by atoms with Gasteiger partial charge in [-0.3, -0.25) is 24.1 Å². The Morgan fingerprint density at radius 1 is 0.865 bits per heavy atom. The molecule has 37 heavy (non-hydrogen) atoms. The fraction of sp³-hybridized carbons (Fsp3) is 0.214. The van der Waals surface area contributed by atoms with Crippen molar-refractivity contribution in [2.24, 2.45) is 11.8 Å². The van der Waals surface area contributed by atoms with Crippen LogP contribution in [-0.4, -0.2) is 41.7 Å².